The van der Waals surface area contributed by atoms with Crippen molar-refractivity contribution in [1.29, 1.82) is 0 Å². The Bertz CT molecular complexity index is 1120. The lowest BCUT2D eigenvalue weighted by Gasteiger charge is -2.03. The van der Waals surface area contributed by atoms with Gasteiger partial charge in [-0.15, -0.1) is 0 Å². The fraction of sp³-hybridized carbons (Fsp3) is 0.111. The number of nitrogens with zero attached hydrogens (tertiary/aromatic N) is 2. The number of fused-ring (bicyclic) bond motifs is 1. The summed E-state index contributed by atoms with van der Waals surface area (Å²) in [6, 6.07) is 13.6. The van der Waals surface area contributed by atoms with Crippen molar-refractivity contribution in [2.75, 3.05) is 0 Å². The lowest BCUT2D eigenvalue weighted by atomic mass is 10.2. The van der Waals surface area contributed by atoms with Gasteiger partial charge in [0.05, 0.1) is 16.6 Å². The molecule has 0 atom stereocenters. The number of benzene rings is 2. The average molecular weight is 390 g/mol. The zero-order valence-corrected chi connectivity index (χ0v) is 15.7. The van der Waals surface area contributed by atoms with Gasteiger partial charge in [-0.25, -0.2) is 4.83 Å². The Morgan fingerprint density at radius 2 is 1.81 bits per heavy atom. The van der Waals surface area contributed by atoms with Crippen LogP contribution in [0.5, 0.6) is 0 Å². The largest absolute Gasteiger partial charge is 0.276 e. The number of sulfonamides is 1. The zero-order valence-electron chi connectivity index (χ0n) is 14.1. The van der Waals surface area contributed by atoms with Crippen LogP contribution in [0.4, 0.5) is 0 Å². The normalized spacial score (nSPS) is 12.0. The maximum Gasteiger partial charge on any atom is 0.276 e. The summed E-state index contributed by atoms with van der Waals surface area (Å²) in [7, 11) is -3.79. The molecule has 8 heteroatoms. The molecule has 134 valence electrons. The molecule has 0 amide bonds. The molecule has 0 fully saturated rings. The third-order valence-corrected chi connectivity index (χ3v) is 5.48. The molecule has 2 aromatic carbocycles. The molecule has 0 radical (unpaired) electrons. The van der Waals surface area contributed by atoms with Crippen LogP contribution in [0.3, 0.4) is 0 Å². The molecular formula is C18H16ClN3O3S. The minimum Gasteiger partial charge on any atom is -0.274 e. The van der Waals surface area contributed by atoms with Gasteiger partial charge in [0.15, 0.2) is 0 Å². The molecule has 26 heavy (non-hydrogen) atoms. The van der Waals surface area contributed by atoms with E-state index in [-0.39, 0.29) is 16.0 Å². The molecule has 0 aliphatic carbocycles. The molecule has 0 saturated carbocycles. The van der Waals surface area contributed by atoms with E-state index in [9.17, 15) is 13.2 Å². The Morgan fingerprint density at radius 1 is 1.15 bits per heavy atom. The highest BCUT2D eigenvalue weighted by Gasteiger charge is 2.17. The SMILES string of the molecule is CC(=O)n1c(Cl)c(/C=N/NS(=O)(=O)c2ccc(C)cc2)c2ccccc21. The van der Waals surface area contributed by atoms with Crippen LogP contribution in [0.2, 0.25) is 5.15 Å². The number of hydrogen-bond donors (Lipinski definition) is 1. The van der Waals surface area contributed by atoms with Crippen molar-refractivity contribution in [3.8, 4) is 0 Å². The fourth-order valence-corrected chi connectivity index (χ4v) is 3.75. The minimum atomic E-state index is -3.79. The van der Waals surface area contributed by atoms with Gasteiger partial charge in [-0.05, 0) is 25.1 Å². The fourth-order valence-electron chi connectivity index (χ4n) is 2.59. The Morgan fingerprint density at radius 3 is 2.46 bits per heavy atom. The molecule has 0 aliphatic heterocycles. The predicted octanol–water partition coefficient (Wildman–Crippen LogP) is 3.58. The summed E-state index contributed by atoms with van der Waals surface area (Å²) >= 11 is 6.31. The quantitative estimate of drug-likeness (QED) is 0.547. The van der Waals surface area contributed by atoms with Gasteiger partial charge in [0.2, 0.25) is 5.91 Å². The molecule has 1 N–H and O–H groups in total. The highest BCUT2D eigenvalue weighted by molar-refractivity contribution is 7.89. The van der Waals surface area contributed by atoms with Gasteiger partial charge >= 0.3 is 0 Å². The first-order valence-corrected chi connectivity index (χ1v) is 9.59. The van der Waals surface area contributed by atoms with Crippen LogP contribution in [0.1, 0.15) is 22.8 Å². The molecule has 1 aromatic heterocycles. The number of aromatic nitrogens is 1. The van der Waals surface area contributed by atoms with Gasteiger partial charge < -0.3 is 0 Å². The van der Waals surface area contributed by atoms with E-state index in [0.29, 0.717) is 16.5 Å². The average Bonchev–Trinajstić information content (AvgIpc) is 2.87. The monoisotopic (exact) mass is 389 g/mol. The summed E-state index contributed by atoms with van der Waals surface area (Å²) in [4.78, 5) is 14.1. The summed E-state index contributed by atoms with van der Waals surface area (Å²) in [6.07, 6.45) is 1.30. The minimum absolute atomic E-state index is 0.109. The summed E-state index contributed by atoms with van der Waals surface area (Å²) in [5.41, 5.74) is 2.05. The van der Waals surface area contributed by atoms with Crippen LogP contribution in [-0.2, 0) is 10.0 Å². The van der Waals surface area contributed by atoms with Gasteiger partial charge in [0, 0.05) is 17.9 Å². The topological polar surface area (TPSA) is 80.5 Å². The molecule has 0 aliphatic rings. The van der Waals surface area contributed by atoms with Crippen molar-refractivity contribution < 1.29 is 13.2 Å². The zero-order chi connectivity index (χ0) is 18.9. The smallest absolute Gasteiger partial charge is 0.274 e. The highest BCUT2D eigenvalue weighted by Crippen LogP contribution is 2.28. The van der Waals surface area contributed by atoms with E-state index in [1.54, 1.807) is 36.4 Å². The number of rotatable bonds is 4. The first-order chi connectivity index (χ1) is 12.3. The molecule has 3 aromatic rings. The summed E-state index contributed by atoms with van der Waals surface area (Å²) in [5, 5.41) is 4.70. The van der Waals surface area contributed by atoms with Crippen molar-refractivity contribution in [2.45, 2.75) is 18.7 Å². The molecule has 6 nitrogen and oxygen atoms in total. The van der Waals surface area contributed by atoms with Crippen LogP contribution < -0.4 is 4.83 Å². The second kappa shape index (κ2) is 6.93. The first kappa shape index (κ1) is 18.2. The second-order valence-electron chi connectivity index (χ2n) is 5.74. The lowest BCUT2D eigenvalue weighted by molar-refractivity contribution is 0.0942. The number of hydrogen-bond acceptors (Lipinski definition) is 4. The predicted molar refractivity (Wildman–Crippen MR) is 102 cm³/mol. The molecule has 0 spiro atoms. The molecule has 0 bridgehead atoms. The Hall–Kier alpha value is -2.64. The molecule has 3 rings (SSSR count). The number of para-hydroxylation sites is 1. The van der Waals surface area contributed by atoms with E-state index in [1.807, 2.05) is 6.92 Å². The van der Waals surface area contributed by atoms with E-state index >= 15 is 0 Å². The maximum absolute atomic E-state index is 12.3. The van der Waals surface area contributed by atoms with E-state index in [2.05, 4.69) is 9.93 Å². The molecular weight excluding hydrogens is 374 g/mol. The van der Waals surface area contributed by atoms with Crippen molar-refractivity contribution in [3.05, 3.63) is 64.8 Å². The van der Waals surface area contributed by atoms with Gasteiger partial charge in [-0.2, -0.15) is 13.5 Å². The second-order valence-corrected chi connectivity index (χ2v) is 7.76. The number of aryl methyl sites for hydroxylation is 1. The van der Waals surface area contributed by atoms with E-state index < -0.39 is 10.0 Å². The third kappa shape index (κ3) is 3.36. The van der Waals surface area contributed by atoms with Gasteiger partial charge in [-0.3, -0.25) is 9.36 Å². The van der Waals surface area contributed by atoms with Gasteiger partial charge in [-0.1, -0.05) is 47.5 Å². The highest BCUT2D eigenvalue weighted by atomic mass is 35.5. The number of carbonyl (C=O) groups is 1. The summed E-state index contributed by atoms with van der Waals surface area (Å²) < 4.78 is 25.9. The Labute approximate surface area is 156 Å². The number of hydrazone groups is 1. The Kier molecular flexibility index (Phi) is 4.84. The van der Waals surface area contributed by atoms with Crippen LogP contribution in [0, 0.1) is 6.92 Å². The van der Waals surface area contributed by atoms with E-state index in [4.69, 9.17) is 11.6 Å². The van der Waals surface area contributed by atoms with E-state index in [0.717, 1.165) is 5.56 Å². The van der Waals surface area contributed by atoms with Gasteiger partial charge in [0.1, 0.15) is 5.15 Å². The van der Waals surface area contributed by atoms with Crippen LogP contribution >= 0.6 is 11.6 Å². The van der Waals surface area contributed by atoms with E-state index in [1.165, 1.54) is 29.8 Å². The third-order valence-electron chi connectivity index (χ3n) is 3.87. The van der Waals surface area contributed by atoms with Crippen LogP contribution in [-0.4, -0.2) is 25.1 Å². The molecule has 0 saturated heterocycles. The van der Waals surface area contributed by atoms with Crippen molar-refractivity contribution >= 4 is 44.6 Å². The Balaban J connectivity index is 1.95. The van der Waals surface area contributed by atoms with Crippen molar-refractivity contribution in [1.82, 2.24) is 9.40 Å². The van der Waals surface area contributed by atoms with Crippen molar-refractivity contribution in [2.24, 2.45) is 5.10 Å². The summed E-state index contributed by atoms with van der Waals surface area (Å²) in [6.45, 7) is 3.27. The number of carbonyl (C=O) groups excluding carboxylic acids is 1. The number of nitrogens with one attached hydrogen (secondary N) is 1. The maximum atomic E-state index is 12.3. The van der Waals surface area contributed by atoms with Gasteiger partial charge in [0.25, 0.3) is 10.0 Å². The lowest BCUT2D eigenvalue weighted by Crippen LogP contribution is -2.18. The molecule has 1 heterocycles. The molecule has 0 unspecified atom stereocenters. The van der Waals surface area contributed by atoms with Crippen molar-refractivity contribution in [3.63, 3.8) is 0 Å². The summed E-state index contributed by atoms with van der Waals surface area (Å²) in [5.74, 6) is -0.244. The standard InChI is InChI=1S/C18H16ClN3O3S/c1-12-7-9-14(10-8-12)26(24,25)21-20-11-16-15-5-3-4-6-17(15)22(13(2)23)18(16)19/h3-11,21H,1-2H3/b20-11+. The van der Waals surface area contributed by atoms with Crippen LogP contribution in [0.15, 0.2) is 58.5 Å². The number of halogens is 1. The van der Waals surface area contributed by atoms with Crippen LogP contribution in [0.25, 0.3) is 10.9 Å². The first-order valence-electron chi connectivity index (χ1n) is 7.72.